The number of ether oxygens (including phenoxy) is 1. The van der Waals surface area contributed by atoms with Gasteiger partial charge in [0.15, 0.2) is 0 Å². The first-order valence-electron chi connectivity index (χ1n) is 31.9. The van der Waals surface area contributed by atoms with Gasteiger partial charge in [-0.25, -0.2) is 0 Å². The van der Waals surface area contributed by atoms with Crippen molar-refractivity contribution in [1.82, 2.24) is 5.32 Å². The number of hydrogen-bond donors (Lipinski definition) is 3. The Balaban J connectivity index is 3.34. The van der Waals surface area contributed by atoms with E-state index in [-0.39, 0.29) is 18.5 Å². The number of rotatable bonds is 60. The molecule has 3 N–H and O–H groups in total. The highest BCUT2D eigenvalue weighted by Crippen LogP contribution is 2.18. The number of allylic oxidation sites excluding steroid dienone is 2. The maximum Gasteiger partial charge on any atom is 0.305 e. The van der Waals surface area contributed by atoms with Crippen molar-refractivity contribution in [2.24, 2.45) is 0 Å². The van der Waals surface area contributed by atoms with E-state index in [4.69, 9.17) is 4.74 Å². The minimum absolute atomic E-state index is 0.0136. The fraction of sp³-hybridized carbons (Fsp3) is 0.938. The van der Waals surface area contributed by atoms with Crippen molar-refractivity contribution in [2.75, 3.05) is 13.2 Å². The fourth-order valence-electron chi connectivity index (χ4n) is 10.2. The van der Waals surface area contributed by atoms with Crippen LogP contribution >= 0.6 is 0 Å². The van der Waals surface area contributed by atoms with Gasteiger partial charge in [0.2, 0.25) is 5.91 Å². The first-order chi connectivity index (χ1) is 34.5. The highest BCUT2D eigenvalue weighted by atomic mass is 16.5. The molecule has 1 amide bonds. The van der Waals surface area contributed by atoms with Crippen LogP contribution in [0.3, 0.4) is 0 Å². The third kappa shape index (κ3) is 55.9. The molecule has 0 rings (SSSR count). The molecule has 0 radical (unpaired) electrons. The summed E-state index contributed by atoms with van der Waals surface area (Å²) >= 11 is 0. The topological polar surface area (TPSA) is 95.9 Å². The number of aliphatic hydroxyl groups excluding tert-OH is 2. The fourth-order valence-corrected chi connectivity index (χ4v) is 10.2. The van der Waals surface area contributed by atoms with Crippen LogP contribution in [-0.4, -0.2) is 47.4 Å². The van der Waals surface area contributed by atoms with E-state index in [2.05, 4.69) is 31.3 Å². The van der Waals surface area contributed by atoms with Crippen molar-refractivity contribution in [1.29, 1.82) is 0 Å². The second-order valence-corrected chi connectivity index (χ2v) is 22.1. The third-order valence-electron chi connectivity index (χ3n) is 15.1. The smallest absolute Gasteiger partial charge is 0.305 e. The molecular formula is C64H125NO5. The van der Waals surface area contributed by atoms with Gasteiger partial charge in [0, 0.05) is 12.8 Å². The Kier molecular flexibility index (Phi) is 59.0. The number of esters is 1. The highest BCUT2D eigenvalue weighted by molar-refractivity contribution is 5.76. The summed E-state index contributed by atoms with van der Waals surface area (Å²) in [5.74, 6) is -0.0202. The van der Waals surface area contributed by atoms with Crippen molar-refractivity contribution < 1.29 is 24.5 Å². The van der Waals surface area contributed by atoms with Crippen molar-refractivity contribution in [3.05, 3.63) is 12.2 Å². The molecule has 0 aromatic carbocycles. The second-order valence-electron chi connectivity index (χ2n) is 22.1. The summed E-state index contributed by atoms with van der Waals surface area (Å²) < 4.78 is 5.50. The zero-order chi connectivity index (χ0) is 50.7. The van der Waals surface area contributed by atoms with Gasteiger partial charge >= 0.3 is 5.97 Å². The number of amides is 1. The van der Waals surface area contributed by atoms with Gasteiger partial charge in [0.25, 0.3) is 0 Å². The lowest BCUT2D eigenvalue weighted by Crippen LogP contribution is -2.45. The molecule has 6 heteroatoms. The molecule has 0 aliphatic rings. The van der Waals surface area contributed by atoms with E-state index in [0.717, 1.165) is 44.9 Å². The van der Waals surface area contributed by atoms with Crippen molar-refractivity contribution >= 4 is 11.9 Å². The second kappa shape index (κ2) is 60.2. The maximum atomic E-state index is 12.5. The Hall–Kier alpha value is -1.40. The predicted molar refractivity (Wildman–Crippen MR) is 306 cm³/mol. The summed E-state index contributed by atoms with van der Waals surface area (Å²) in [6.45, 7) is 4.97. The first-order valence-corrected chi connectivity index (χ1v) is 31.9. The minimum Gasteiger partial charge on any atom is -0.466 e. The normalized spacial score (nSPS) is 12.6. The molecule has 2 unspecified atom stereocenters. The Bertz CT molecular complexity index is 1050. The monoisotopic (exact) mass is 988 g/mol. The molecule has 0 aromatic heterocycles. The van der Waals surface area contributed by atoms with Crippen LogP contribution in [0.25, 0.3) is 0 Å². The van der Waals surface area contributed by atoms with Crippen molar-refractivity contribution in [3.63, 3.8) is 0 Å². The Labute approximate surface area is 438 Å². The lowest BCUT2D eigenvalue weighted by Gasteiger charge is -2.22. The quantitative estimate of drug-likeness (QED) is 0.0321. The van der Waals surface area contributed by atoms with Crippen LogP contribution in [-0.2, 0) is 14.3 Å². The number of unbranched alkanes of at least 4 members (excludes halogenated alkanes) is 47. The third-order valence-corrected chi connectivity index (χ3v) is 15.1. The summed E-state index contributed by atoms with van der Waals surface area (Å²) in [7, 11) is 0. The van der Waals surface area contributed by atoms with Crippen LogP contribution < -0.4 is 5.32 Å². The molecule has 70 heavy (non-hydrogen) atoms. The van der Waals surface area contributed by atoms with E-state index in [1.54, 1.807) is 0 Å². The molecule has 6 nitrogen and oxygen atoms in total. The van der Waals surface area contributed by atoms with Gasteiger partial charge in [-0.3, -0.25) is 9.59 Å². The highest BCUT2D eigenvalue weighted by Gasteiger charge is 2.20. The van der Waals surface area contributed by atoms with E-state index in [1.165, 1.54) is 283 Å². The Morgan fingerprint density at radius 3 is 1.01 bits per heavy atom. The SMILES string of the molecule is CCCCCCCC/C=C\CCCCCCCCCCCC(=O)OCCCCCCCCCCCCCCCCCCCCCCCCC(=O)NC(CO)C(O)CCCCCCCCCCCCCC. The molecule has 416 valence electrons. The van der Waals surface area contributed by atoms with E-state index in [1.807, 2.05) is 0 Å². The van der Waals surface area contributed by atoms with Gasteiger partial charge in [0.1, 0.15) is 0 Å². The summed E-state index contributed by atoms with van der Waals surface area (Å²) in [6, 6.07) is -0.540. The average molecular weight is 989 g/mol. The van der Waals surface area contributed by atoms with Gasteiger partial charge < -0.3 is 20.3 Å². The summed E-state index contributed by atoms with van der Waals surface area (Å²) in [5, 5.41) is 23.2. The molecule has 0 saturated heterocycles. The lowest BCUT2D eigenvalue weighted by atomic mass is 10.0. The molecule has 0 bridgehead atoms. The molecule has 0 saturated carbocycles. The molecule has 0 aromatic rings. The van der Waals surface area contributed by atoms with E-state index < -0.39 is 12.1 Å². The Morgan fingerprint density at radius 2 is 0.671 bits per heavy atom. The number of aliphatic hydroxyl groups is 2. The molecular weight excluding hydrogens is 863 g/mol. The maximum absolute atomic E-state index is 12.5. The van der Waals surface area contributed by atoms with Gasteiger partial charge in [-0.05, 0) is 51.4 Å². The van der Waals surface area contributed by atoms with Crippen LogP contribution in [0.4, 0.5) is 0 Å². The zero-order valence-corrected chi connectivity index (χ0v) is 47.5. The van der Waals surface area contributed by atoms with E-state index >= 15 is 0 Å². The number of hydrogen-bond acceptors (Lipinski definition) is 5. The van der Waals surface area contributed by atoms with E-state index in [9.17, 15) is 19.8 Å². The molecule has 0 aliphatic heterocycles. The van der Waals surface area contributed by atoms with Crippen LogP contribution in [0.5, 0.6) is 0 Å². The lowest BCUT2D eigenvalue weighted by molar-refractivity contribution is -0.143. The molecule has 0 heterocycles. The van der Waals surface area contributed by atoms with Crippen LogP contribution in [0.15, 0.2) is 12.2 Å². The first kappa shape index (κ1) is 68.6. The zero-order valence-electron chi connectivity index (χ0n) is 47.5. The van der Waals surface area contributed by atoms with Crippen LogP contribution in [0.2, 0.25) is 0 Å². The average Bonchev–Trinajstić information content (AvgIpc) is 3.36. The largest absolute Gasteiger partial charge is 0.466 e. The number of nitrogens with one attached hydrogen (secondary N) is 1. The molecule has 2 atom stereocenters. The molecule has 0 spiro atoms. The van der Waals surface area contributed by atoms with E-state index in [0.29, 0.717) is 25.9 Å². The summed E-state index contributed by atoms with van der Waals surface area (Å²) in [4.78, 5) is 24.6. The van der Waals surface area contributed by atoms with Gasteiger partial charge in [0.05, 0.1) is 25.4 Å². The number of carbonyl (C=O) groups is 2. The van der Waals surface area contributed by atoms with Gasteiger partial charge in [-0.2, -0.15) is 0 Å². The van der Waals surface area contributed by atoms with Crippen molar-refractivity contribution in [3.8, 4) is 0 Å². The molecule has 0 aliphatic carbocycles. The van der Waals surface area contributed by atoms with Crippen molar-refractivity contribution in [2.45, 2.75) is 373 Å². The number of carbonyl (C=O) groups excluding carboxylic acids is 2. The van der Waals surface area contributed by atoms with Gasteiger partial charge in [-0.1, -0.05) is 309 Å². The molecule has 0 fully saturated rings. The standard InChI is InChI=1S/C64H125NO5/c1-3-5-7-9-11-13-15-17-18-19-24-28-31-34-38-42-46-50-54-58-64(69)70-59-55-51-47-43-39-35-32-29-26-23-21-20-22-25-27-30-33-37-41-45-49-53-57-63(68)65-61(60-66)62(67)56-52-48-44-40-36-16-14-12-10-8-6-4-2/h17-18,61-62,66-67H,3-16,19-60H2,1-2H3,(H,65,68)/b18-17-. The predicted octanol–water partition coefficient (Wildman–Crippen LogP) is 20.0. The summed E-state index contributed by atoms with van der Waals surface area (Å²) in [5.41, 5.74) is 0. The van der Waals surface area contributed by atoms with Crippen LogP contribution in [0, 0.1) is 0 Å². The van der Waals surface area contributed by atoms with Gasteiger partial charge in [-0.15, -0.1) is 0 Å². The van der Waals surface area contributed by atoms with Crippen LogP contribution in [0.1, 0.15) is 361 Å². The summed E-state index contributed by atoms with van der Waals surface area (Å²) in [6.07, 6.45) is 72.3. The Morgan fingerprint density at radius 1 is 0.386 bits per heavy atom. The minimum atomic E-state index is -0.662.